The molecule has 0 spiro atoms. The van der Waals surface area contributed by atoms with Gasteiger partial charge in [-0.25, -0.2) is 14.3 Å². The second-order valence-electron chi connectivity index (χ2n) is 5.37. The van der Waals surface area contributed by atoms with E-state index in [-0.39, 0.29) is 18.0 Å². The van der Waals surface area contributed by atoms with E-state index in [9.17, 15) is 9.59 Å². The molecule has 1 N–H and O–H groups in total. The van der Waals surface area contributed by atoms with Crippen LogP contribution in [0.4, 0.5) is 5.13 Å². The number of rotatable bonds is 4. The van der Waals surface area contributed by atoms with E-state index < -0.39 is 0 Å². The average Bonchev–Trinajstić information content (AvgIpc) is 3.06. The molecule has 8 nitrogen and oxygen atoms in total. The summed E-state index contributed by atoms with van der Waals surface area (Å²) in [5.41, 5.74) is 2.22. The van der Waals surface area contributed by atoms with Gasteiger partial charge in [-0.05, 0) is 32.9 Å². The zero-order chi connectivity index (χ0) is 17.3. The SMILES string of the molecule is Cc1csc(NC(=O)Cn2nc(-n3nc(C)cc3C)ccc2=O)n1. The number of hydrogen-bond donors (Lipinski definition) is 1. The molecule has 0 aliphatic carbocycles. The van der Waals surface area contributed by atoms with Crippen LogP contribution >= 0.6 is 11.3 Å². The van der Waals surface area contributed by atoms with Crippen LogP contribution in [0, 0.1) is 20.8 Å². The van der Waals surface area contributed by atoms with Gasteiger partial charge in [0.15, 0.2) is 10.9 Å². The van der Waals surface area contributed by atoms with E-state index in [1.165, 1.54) is 17.4 Å². The van der Waals surface area contributed by atoms with Crippen LogP contribution in [-0.4, -0.2) is 30.5 Å². The second kappa shape index (κ2) is 6.36. The molecule has 0 radical (unpaired) electrons. The summed E-state index contributed by atoms with van der Waals surface area (Å²) in [6.07, 6.45) is 0. The number of carbonyl (C=O) groups excluding carboxylic acids is 1. The summed E-state index contributed by atoms with van der Waals surface area (Å²) in [4.78, 5) is 28.2. The van der Waals surface area contributed by atoms with Crippen LogP contribution in [0.25, 0.3) is 5.82 Å². The molecule has 1 amide bonds. The van der Waals surface area contributed by atoms with Gasteiger partial charge in [-0.3, -0.25) is 9.59 Å². The number of aryl methyl sites for hydroxylation is 3. The van der Waals surface area contributed by atoms with Crippen LogP contribution in [-0.2, 0) is 11.3 Å². The highest BCUT2D eigenvalue weighted by molar-refractivity contribution is 7.13. The summed E-state index contributed by atoms with van der Waals surface area (Å²) in [6, 6.07) is 4.87. The van der Waals surface area contributed by atoms with Crippen molar-refractivity contribution < 1.29 is 4.79 Å². The summed E-state index contributed by atoms with van der Waals surface area (Å²) in [5.74, 6) is 0.127. The molecule has 3 aromatic heterocycles. The number of amides is 1. The second-order valence-corrected chi connectivity index (χ2v) is 6.23. The third kappa shape index (κ3) is 3.40. The Morgan fingerprint density at radius 1 is 1.21 bits per heavy atom. The van der Waals surface area contributed by atoms with E-state index in [4.69, 9.17) is 0 Å². The Morgan fingerprint density at radius 3 is 2.62 bits per heavy atom. The fourth-order valence-corrected chi connectivity index (χ4v) is 2.94. The van der Waals surface area contributed by atoms with Crippen molar-refractivity contribution in [2.24, 2.45) is 0 Å². The summed E-state index contributed by atoms with van der Waals surface area (Å²) in [7, 11) is 0. The molecule has 0 aliphatic rings. The number of anilines is 1. The Balaban J connectivity index is 1.83. The number of carbonyl (C=O) groups is 1. The van der Waals surface area contributed by atoms with Crippen molar-refractivity contribution in [2.75, 3.05) is 5.32 Å². The van der Waals surface area contributed by atoms with Crippen molar-refractivity contribution in [3.63, 3.8) is 0 Å². The molecule has 0 unspecified atom stereocenters. The molecular weight excluding hydrogens is 328 g/mol. The highest BCUT2D eigenvalue weighted by Gasteiger charge is 2.11. The fourth-order valence-electron chi connectivity index (χ4n) is 2.23. The maximum atomic E-state index is 12.1. The molecule has 0 aliphatic heterocycles. The maximum Gasteiger partial charge on any atom is 0.267 e. The van der Waals surface area contributed by atoms with Gasteiger partial charge < -0.3 is 5.32 Å². The molecule has 0 fully saturated rings. The van der Waals surface area contributed by atoms with E-state index in [0.717, 1.165) is 21.8 Å². The van der Waals surface area contributed by atoms with Crippen LogP contribution in [0.2, 0.25) is 0 Å². The number of nitrogens with one attached hydrogen (secondary N) is 1. The van der Waals surface area contributed by atoms with Gasteiger partial charge in [0.1, 0.15) is 6.54 Å². The molecule has 3 rings (SSSR count). The van der Waals surface area contributed by atoms with Crippen LogP contribution < -0.4 is 10.9 Å². The molecule has 9 heteroatoms. The first kappa shape index (κ1) is 16.1. The number of thiazole rings is 1. The Hall–Kier alpha value is -2.81. The van der Waals surface area contributed by atoms with Gasteiger partial charge in [-0.2, -0.15) is 5.10 Å². The lowest BCUT2D eigenvalue weighted by Crippen LogP contribution is -2.30. The number of hydrogen-bond acceptors (Lipinski definition) is 6. The normalized spacial score (nSPS) is 10.8. The van der Waals surface area contributed by atoms with Gasteiger partial charge in [0.05, 0.1) is 11.4 Å². The topological polar surface area (TPSA) is 94.7 Å². The number of aromatic nitrogens is 5. The van der Waals surface area contributed by atoms with Crippen molar-refractivity contribution in [1.29, 1.82) is 0 Å². The highest BCUT2D eigenvalue weighted by atomic mass is 32.1. The Morgan fingerprint density at radius 2 is 2.00 bits per heavy atom. The third-order valence-corrected chi connectivity index (χ3v) is 4.11. The van der Waals surface area contributed by atoms with Crippen molar-refractivity contribution in [3.05, 3.63) is 51.0 Å². The Labute approximate surface area is 141 Å². The van der Waals surface area contributed by atoms with E-state index in [2.05, 4.69) is 20.5 Å². The van der Waals surface area contributed by atoms with E-state index >= 15 is 0 Å². The van der Waals surface area contributed by atoms with Gasteiger partial charge in [-0.15, -0.1) is 16.4 Å². The molecule has 24 heavy (non-hydrogen) atoms. The molecule has 0 aromatic carbocycles. The molecule has 0 saturated carbocycles. The van der Waals surface area contributed by atoms with Crippen LogP contribution in [0.3, 0.4) is 0 Å². The van der Waals surface area contributed by atoms with E-state index in [0.29, 0.717) is 10.9 Å². The number of nitrogens with zero attached hydrogens (tertiary/aromatic N) is 5. The van der Waals surface area contributed by atoms with Crippen molar-refractivity contribution >= 4 is 22.4 Å². The summed E-state index contributed by atoms with van der Waals surface area (Å²) in [5, 5.41) is 13.6. The molecule has 0 bridgehead atoms. The predicted molar refractivity (Wildman–Crippen MR) is 90.6 cm³/mol. The predicted octanol–water partition coefficient (Wildman–Crippen LogP) is 1.45. The van der Waals surface area contributed by atoms with E-state index in [1.807, 2.05) is 32.2 Å². The molecule has 3 heterocycles. The average molecular weight is 344 g/mol. The van der Waals surface area contributed by atoms with Gasteiger partial charge in [0, 0.05) is 17.1 Å². The van der Waals surface area contributed by atoms with Gasteiger partial charge >= 0.3 is 0 Å². The minimum atomic E-state index is -0.357. The summed E-state index contributed by atoms with van der Waals surface area (Å²) >= 11 is 1.33. The van der Waals surface area contributed by atoms with Crippen LogP contribution in [0.5, 0.6) is 0 Å². The van der Waals surface area contributed by atoms with E-state index in [1.54, 1.807) is 10.7 Å². The zero-order valence-corrected chi connectivity index (χ0v) is 14.3. The summed E-state index contributed by atoms with van der Waals surface area (Å²) in [6.45, 7) is 5.43. The highest BCUT2D eigenvalue weighted by Crippen LogP contribution is 2.14. The van der Waals surface area contributed by atoms with Crippen molar-refractivity contribution in [3.8, 4) is 5.82 Å². The molecule has 3 aromatic rings. The first-order chi connectivity index (χ1) is 11.4. The first-order valence-electron chi connectivity index (χ1n) is 7.26. The fraction of sp³-hybridized carbons (Fsp3) is 0.267. The standard InChI is InChI=1S/C15H16N6O2S/c1-9-6-11(3)21(18-9)12-4-5-14(23)20(19-12)7-13(22)17-15-16-10(2)8-24-15/h4-6,8H,7H2,1-3H3,(H,16,17,22). The summed E-state index contributed by atoms with van der Waals surface area (Å²) < 4.78 is 2.74. The van der Waals surface area contributed by atoms with Crippen LogP contribution in [0.15, 0.2) is 28.4 Å². The Kier molecular flexibility index (Phi) is 4.26. The third-order valence-electron chi connectivity index (χ3n) is 3.24. The maximum absolute atomic E-state index is 12.1. The van der Waals surface area contributed by atoms with Gasteiger partial charge in [0.2, 0.25) is 5.91 Å². The lowest BCUT2D eigenvalue weighted by atomic mass is 10.4. The van der Waals surface area contributed by atoms with Gasteiger partial charge in [0.25, 0.3) is 5.56 Å². The minimum Gasteiger partial charge on any atom is -0.300 e. The minimum absolute atomic E-state index is 0.190. The first-order valence-corrected chi connectivity index (χ1v) is 8.14. The lowest BCUT2D eigenvalue weighted by Gasteiger charge is -2.08. The largest absolute Gasteiger partial charge is 0.300 e. The van der Waals surface area contributed by atoms with Crippen molar-refractivity contribution in [2.45, 2.75) is 27.3 Å². The lowest BCUT2D eigenvalue weighted by molar-refractivity contribution is -0.117. The smallest absolute Gasteiger partial charge is 0.267 e. The van der Waals surface area contributed by atoms with Gasteiger partial charge in [-0.1, -0.05) is 0 Å². The Bertz CT molecular complexity index is 955. The molecule has 0 atom stereocenters. The van der Waals surface area contributed by atoms with Crippen molar-refractivity contribution in [1.82, 2.24) is 24.5 Å². The molecule has 124 valence electrons. The zero-order valence-electron chi connectivity index (χ0n) is 13.5. The van der Waals surface area contributed by atoms with Crippen LogP contribution in [0.1, 0.15) is 17.1 Å². The molecule has 0 saturated heterocycles. The monoisotopic (exact) mass is 344 g/mol. The molecular formula is C15H16N6O2S. The quantitative estimate of drug-likeness (QED) is 0.773.